The van der Waals surface area contributed by atoms with Crippen molar-refractivity contribution in [2.75, 3.05) is 0 Å². The zero-order valence-corrected chi connectivity index (χ0v) is 7.02. The van der Waals surface area contributed by atoms with Gasteiger partial charge in [0.25, 0.3) is 0 Å². The van der Waals surface area contributed by atoms with E-state index in [4.69, 9.17) is 0 Å². The molecular weight excluding hydrogens is 277 g/mol. The summed E-state index contributed by atoms with van der Waals surface area (Å²) in [6.07, 6.45) is -10.6. The lowest BCUT2D eigenvalue weighted by Gasteiger charge is -2.21. The van der Waals surface area contributed by atoms with Crippen molar-refractivity contribution in [3.8, 4) is 0 Å². The van der Waals surface area contributed by atoms with E-state index in [2.05, 4.69) is 4.74 Å². The molecule has 0 aromatic carbocycles. The monoisotopic (exact) mass is 276 g/mol. The van der Waals surface area contributed by atoms with E-state index in [1.54, 1.807) is 0 Å². The molecule has 1 rings (SSSR count). The fourth-order valence-corrected chi connectivity index (χ4v) is 0.892. The highest BCUT2D eigenvalue weighted by molar-refractivity contribution is 9.10. The van der Waals surface area contributed by atoms with Gasteiger partial charge in [-0.05, 0) is 15.9 Å². The molecule has 0 aromatic rings. The Hall–Kier alpha value is -0.0500. The summed E-state index contributed by atoms with van der Waals surface area (Å²) in [7, 11) is 0. The Morgan fingerprint density at radius 2 is 1.31 bits per heavy atom. The van der Waals surface area contributed by atoms with Crippen LogP contribution in [-0.2, 0) is 4.74 Å². The van der Waals surface area contributed by atoms with Gasteiger partial charge in [0, 0.05) is 0 Å². The van der Waals surface area contributed by atoms with Gasteiger partial charge in [0.2, 0.25) is 0 Å². The first-order valence-corrected chi connectivity index (χ1v) is 3.46. The molecular formula is C4BrF7O. The van der Waals surface area contributed by atoms with Crippen molar-refractivity contribution in [3.63, 3.8) is 0 Å². The minimum atomic E-state index is -5.83. The molecule has 0 spiro atoms. The first-order chi connectivity index (χ1) is 5.46. The van der Waals surface area contributed by atoms with Crippen LogP contribution in [-0.4, -0.2) is 22.7 Å². The van der Waals surface area contributed by atoms with Crippen molar-refractivity contribution in [2.24, 2.45) is 0 Å². The van der Waals surface area contributed by atoms with E-state index in [9.17, 15) is 30.7 Å². The van der Waals surface area contributed by atoms with Crippen molar-refractivity contribution in [1.82, 2.24) is 0 Å². The number of alkyl halides is 8. The lowest BCUT2D eigenvalue weighted by molar-refractivity contribution is -0.230. The number of ether oxygens (including phenoxy) is 1. The summed E-state index contributed by atoms with van der Waals surface area (Å²) in [4.78, 5) is 0. The average Bonchev–Trinajstić information content (AvgIpc) is 2.31. The molecule has 0 N–H and O–H groups in total. The van der Waals surface area contributed by atoms with Gasteiger partial charge in [-0.3, -0.25) is 4.74 Å². The molecule has 13 heavy (non-hydrogen) atoms. The summed E-state index contributed by atoms with van der Waals surface area (Å²) in [6.45, 7) is 0. The van der Waals surface area contributed by atoms with Crippen molar-refractivity contribution in [3.05, 3.63) is 0 Å². The SMILES string of the molecule is FC(F)(F)C(F)(Br)C1(F)OC1(F)F. The Morgan fingerprint density at radius 3 is 1.38 bits per heavy atom. The molecule has 1 nitrogen and oxygen atoms in total. The van der Waals surface area contributed by atoms with Gasteiger partial charge in [0.05, 0.1) is 0 Å². The zero-order valence-electron chi connectivity index (χ0n) is 5.43. The first-order valence-electron chi connectivity index (χ1n) is 2.67. The van der Waals surface area contributed by atoms with Crippen LogP contribution in [0, 0.1) is 0 Å². The van der Waals surface area contributed by atoms with Gasteiger partial charge >= 0.3 is 22.7 Å². The van der Waals surface area contributed by atoms with Crippen molar-refractivity contribution < 1.29 is 35.5 Å². The van der Waals surface area contributed by atoms with Gasteiger partial charge in [0.1, 0.15) is 0 Å². The van der Waals surface area contributed by atoms with Crippen molar-refractivity contribution in [1.29, 1.82) is 0 Å². The van der Waals surface area contributed by atoms with E-state index in [0.29, 0.717) is 0 Å². The van der Waals surface area contributed by atoms with Crippen LogP contribution in [0.2, 0.25) is 0 Å². The van der Waals surface area contributed by atoms with Crippen LogP contribution in [0.25, 0.3) is 0 Å². The highest BCUT2D eigenvalue weighted by atomic mass is 79.9. The fraction of sp³-hybridized carbons (Fsp3) is 1.00. The van der Waals surface area contributed by atoms with E-state index in [0.717, 1.165) is 0 Å². The van der Waals surface area contributed by atoms with Gasteiger partial charge in [-0.2, -0.15) is 26.3 Å². The molecule has 1 aliphatic rings. The first kappa shape index (κ1) is 11.0. The summed E-state index contributed by atoms with van der Waals surface area (Å²) in [5, 5.41) is 0. The van der Waals surface area contributed by atoms with Crippen LogP contribution in [0.3, 0.4) is 0 Å². The lowest BCUT2D eigenvalue weighted by atomic mass is 10.2. The van der Waals surface area contributed by atoms with Crippen LogP contribution in [0.4, 0.5) is 30.7 Å². The normalized spacial score (nSPS) is 36.9. The highest BCUT2D eigenvalue weighted by Gasteiger charge is 2.92. The summed E-state index contributed by atoms with van der Waals surface area (Å²) in [5.41, 5.74) is 0. The molecule has 1 fully saturated rings. The maximum Gasteiger partial charge on any atom is 0.438 e. The largest absolute Gasteiger partial charge is 0.438 e. The molecule has 1 saturated heterocycles. The Balaban J connectivity index is 2.97. The number of hydrogen-bond acceptors (Lipinski definition) is 1. The molecule has 2 unspecified atom stereocenters. The van der Waals surface area contributed by atoms with Gasteiger partial charge in [0.15, 0.2) is 0 Å². The minimum absolute atomic E-state index is 1.19. The van der Waals surface area contributed by atoms with Crippen LogP contribution < -0.4 is 0 Å². The number of rotatable bonds is 1. The lowest BCUT2D eigenvalue weighted by Crippen LogP contribution is -2.48. The van der Waals surface area contributed by atoms with E-state index >= 15 is 0 Å². The Labute approximate surface area is 75.0 Å². The van der Waals surface area contributed by atoms with Gasteiger partial charge in [-0.1, -0.05) is 0 Å². The molecule has 1 heterocycles. The highest BCUT2D eigenvalue weighted by Crippen LogP contribution is 2.65. The van der Waals surface area contributed by atoms with Crippen LogP contribution in [0.5, 0.6) is 0 Å². The zero-order chi connectivity index (χ0) is 10.7. The third-order valence-electron chi connectivity index (χ3n) is 1.36. The predicted octanol–water partition coefficient (Wildman–Crippen LogP) is 2.90. The average molecular weight is 277 g/mol. The third kappa shape index (κ3) is 1.24. The molecule has 0 aliphatic carbocycles. The van der Waals surface area contributed by atoms with Gasteiger partial charge in [-0.25, -0.2) is 4.39 Å². The second-order valence-electron chi connectivity index (χ2n) is 2.29. The predicted molar refractivity (Wildman–Crippen MR) is 28.7 cm³/mol. The molecule has 2 atom stereocenters. The van der Waals surface area contributed by atoms with Crippen molar-refractivity contribution in [2.45, 2.75) is 22.7 Å². The summed E-state index contributed by atoms with van der Waals surface area (Å²) >= 11 is 1.19. The third-order valence-corrected chi connectivity index (χ3v) is 2.32. The second-order valence-corrected chi connectivity index (χ2v) is 3.38. The Bertz CT molecular complexity index is 235. The molecule has 0 radical (unpaired) electrons. The fourth-order valence-electron chi connectivity index (χ4n) is 0.580. The minimum Gasteiger partial charge on any atom is -0.266 e. The van der Waals surface area contributed by atoms with E-state index in [-0.39, 0.29) is 0 Å². The van der Waals surface area contributed by atoms with Gasteiger partial charge < -0.3 is 0 Å². The number of epoxide rings is 1. The molecule has 1 aliphatic heterocycles. The number of halogens is 8. The Morgan fingerprint density at radius 1 is 1.00 bits per heavy atom. The van der Waals surface area contributed by atoms with E-state index in [1.807, 2.05) is 0 Å². The van der Waals surface area contributed by atoms with Gasteiger partial charge in [-0.15, -0.1) is 0 Å². The van der Waals surface area contributed by atoms with Crippen LogP contribution in [0.15, 0.2) is 0 Å². The summed E-state index contributed by atoms with van der Waals surface area (Å²) in [5.74, 6) is -4.68. The standard InChI is InChI=1S/C4BrF7O/c5-1(6,3(8,9)10)2(7)4(11,12)13-2. The number of hydrogen-bond donors (Lipinski definition) is 0. The molecule has 0 amide bonds. The van der Waals surface area contributed by atoms with Crippen molar-refractivity contribution >= 4 is 15.9 Å². The quantitative estimate of drug-likeness (QED) is 0.408. The van der Waals surface area contributed by atoms with E-state index < -0.39 is 22.7 Å². The molecule has 0 saturated carbocycles. The topological polar surface area (TPSA) is 12.5 Å². The Kier molecular flexibility index (Phi) is 1.95. The summed E-state index contributed by atoms with van der Waals surface area (Å²) < 4.78 is 81.3. The maximum absolute atomic E-state index is 12.5. The van der Waals surface area contributed by atoms with E-state index in [1.165, 1.54) is 15.9 Å². The molecule has 0 bridgehead atoms. The molecule has 0 aromatic heterocycles. The second kappa shape index (κ2) is 2.30. The smallest absolute Gasteiger partial charge is 0.266 e. The maximum atomic E-state index is 12.5. The van der Waals surface area contributed by atoms with Crippen LogP contribution in [0.1, 0.15) is 0 Å². The van der Waals surface area contributed by atoms with Crippen LogP contribution >= 0.6 is 15.9 Å². The molecule has 9 heteroatoms. The summed E-state index contributed by atoms with van der Waals surface area (Å²) in [6, 6.07) is 0. The molecule has 78 valence electrons.